The van der Waals surface area contributed by atoms with E-state index in [1.807, 2.05) is 66.7 Å². The van der Waals surface area contributed by atoms with E-state index in [4.69, 9.17) is 0 Å². The van der Waals surface area contributed by atoms with Gasteiger partial charge < -0.3 is 5.32 Å². The molecule has 5 rings (SSSR count). The van der Waals surface area contributed by atoms with Gasteiger partial charge in [0.1, 0.15) is 0 Å². The summed E-state index contributed by atoms with van der Waals surface area (Å²) < 4.78 is 0. The Kier molecular flexibility index (Phi) is 8.13. The standard InChI is InChI=1S/C35H30NOP/c37-35(36-28-16-19-29-17-6-1-7-18-29)34(30-20-8-2-9-21-30)38(31-22-10-3-11-23-31,32-24-12-4-13-25-32)33-26-14-5-15-27-33/h1-27H,28H2,(H,36,37)/b19-16+. The Bertz CT molecular complexity index is 1440. The van der Waals surface area contributed by atoms with Gasteiger partial charge in [0.15, 0.2) is 0 Å². The summed E-state index contributed by atoms with van der Waals surface area (Å²) in [4.78, 5) is 14.4. The Hall–Kier alpha value is -4.39. The summed E-state index contributed by atoms with van der Waals surface area (Å²) >= 11 is 0. The molecule has 0 radical (unpaired) electrons. The van der Waals surface area contributed by atoms with Crippen LogP contribution in [0.25, 0.3) is 6.08 Å². The largest absolute Gasteiger partial charge is 0.348 e. The van der Waals surface area contributed by atoms with Crippen LogP contribution in [0.5, 0.6) is 0 Å². The molecule has 0 unspecified atom stereocenters. The summed E-state index contributed by atoms with van der Waals surface area (Å²) in [7, 11) is 0. The zero-order valence-corrected chi connectivity index (χ0v) is 22.0. The van der Waals surface area contributed by atoms with Crippen LogP contribution >= 0.6 is 6.89 Å². The van der Waals surface area contributed by atoms with Gasteiger partial charge in [0.25, 0.3) is 5.91 Å². The molecule has 1 N–H and O–H groups in total. The molecule has 0 aliphatic carbocycles. The van der Waals surface area contributed by atoms with Gasteiger partial charge in [-0.05, 0) is 33.9 Å². The second-order valence-electron chi connectivity index (χ2n) is 8.92. The first-order chi connectivity index (χ1) is 18.8. The Morgan fingerprint density at radius 2 is 0.947 bits per heavy atom. The molecule has 0 spiro atoms. The van der Waals surface area contributed by atoms with Crippen molar-refractivity contribution in [2.24, 2.45) is 0 Å². The topological polar surface area (TPSA) is 29.1 Å². The highest BCUT2D eigenvalue weighted by Crippen LogP contribution is 2.47. The Balaban J connectivity index is 1.77. The van der Waals surface area contributed by atoms with Crippen molar-refractivity contribution in [3.8, 4) is 0 Å². The minimum atomic E-state index is -2.57. The van der Waals surface area contributed by atoms with Gasteiger partial charge in [-0.1, -0.05) is 164 Å². The van der Waals surface area contributed by atoms with E-state index in [0.717, 1.165) is 32.3 Å². The van der Waals surface area contributed by atoms with Crippen LogP contribution in [-0.4, -0.2) is 17.7 Å². The molecule has 0 aromatic heterocycles. The SMILES string of the molecule is O=C(NC/C=C/c1ccccc1)C(c1ccccc1)=P(c1ccccc1)(c1ccccc1)c1ccccc1. The van der Waals surface area contributed by atoms with Crippen LogP contribution in [-0.2, 0) is 4.79 Å². The molecule has 0 aliphatic heterocycles. The van der Waals surface area contributed by atoms with Crippen molar-refractivity contribution in [3.05, 3.63) is 169 Å². The predicted molar refractivity (Wildman–Crippen MR) is 164 cm³/mol. The fourth-order valence-electron chi connectivity index (χ4n) is 4.86. The summed E-state index contributed by atoms with van der Waals surface area (Å²) in [5.41, 5.74) is 2.04. The number of hydrogen-bond donors (Lipinski definition) is 1. The van der Waals surface area contributed by atoms with Crippen molar-refractivity contribution >= 4 is 40.1 Å². The van der Waals surface area contributed by atoms with Crippen LogP contribution in [0.2, 0.25) is 0 Å². The third-order valence-corrected chi connectivity index (χ3v) is 10.9. The zero-order chi connectivity index (χ0) is 26.0. The van der Waals surface area contributed by atoms with Crippen molar-refractivity contribution in [1.82, 2.24) is 5.32 Å². The van der Waals surface area contributed by atoms with Crippen LogP contribution in [0.1, 0.15) is 11.1 Å². The molecule has 3 heteroatoms. The highest BCUT2D eigenvalue weighted by Gasteiger charge is 2.33. The molecular weight excluding hydrogens is 481 g/mol. The third-order valence-electron chi connectivity index (χ3n) is 6.52. The summed E-state index contributed by atoms with van der Waals surface area (Å²) in [6.07, 6.45) is 4.04. The van der Waals surface area contributed by atoms with Crippen molar-refractivity contribution in [2.45, 2.75) is 0 Å². The highest BCUT2D eigenvalue weighted by atomic mass is 31.2. The summed E-state index contributed by atoms with van der Waals surface area (Å²) in [6, 6.07) is 51.8. The molecule has 38 heavy (non-hydrogen) atoms. The van der Waals surface area contributed by atoms with Crippen LogP contribution in [0, 0.1) is 0 Å². The Morgan fingerprint density at radius 3 is 1.39 bits per heavy atom. The van der Waals surface area contributed by atoms with E-state index in [0.29, 0.717) is 6.54 Å². The molecule has 0 saturated carbocycles. The summed E-state index contributed by atoms with van der Waals surface area (Å²) in [5, 5.41) is 7.47. The van der Waals surface area contributed by atoms with E-state index >= 15 is 0 Å². The van der Waals surface area contributed by atoms with Crippen molar-refractivity contribution < 1.29 is 4.79 Å². The van der Waals surface area contributed by atoms with E-state index < -0.39 is 6.89 Å². The van der Waals surface area contributed by atoms with Crippen molar-refractivity contribution in [2.75, 3.05) is 6.54 Å². The van der Waals surface area contributed by atoms with Crippen LogP contribution in [0.15, 0.2) is 158 Å². The lowest BCUT2D eigenvalue weighted by molar-refractivity contribution is -0.114. The van der Waals surface area contributed by atoms with Crippen molar-refractivity contribution in [1.29, 1.82) is 0 Å². The molecule has 0 bridgehead atoms. The lowest BCUT2D eigenvalue weighted by atomic mass is 10.1. The van der Waals surface area contributed by atoms with E-state index in [1.54, 1.807) is 0 Å². The minimum absolute atomic E-state index is 0.0567. The number of amides is 1. The van der Waals surface area contributed by atoms with Gasteiger partial charge in [-0.3, -0.25) is 4.79 Å². The predicted octanol–water partition coefficient (Wildman–Crippen LogP) is 6.03. The number of carbonyl (C=O) groups is 1. The maximum Gasteiger partial charge on any atom is 0.253 e. The third kappa shape index (κ3) is 5.32. The van der Waals surface area contributed by atoms with E-state index in [2.05, 4.69) is 102 Å². The molecule has 0 atom stereocenters. The number of rotatable bonds is 8. The van der Waals surface area contributed by atoms with Gasteiger partial charge in [0.2, 0.25) is 0 Å². The quantitative estimate of drug-likeness (QED) is 0.253. The van der Waals surface area contributed by atoms with Gasteiger partial charge in [0, 0.05) is 6.54 Å². The average molecular weight is 512 g/mol. The van der Waals surface area contributed by atoms with E-state index in [9.17, 15) is 4.79 Å². The average Bonchev–Trinajstić information content (AvgIpc) is 3.00. The van der Waals surface area contributed by atoms with Gasteiger partial charge in [0.05, 0.1) is 5.29 Å². The van der Waals surface area contributed by atoms with Crippen LogP contribution in [0.3, 0.4) is 0 Å². The monoisotopic (exact) mass is 511 g/mol. The number of benzene rings is 5. The zero-order valence-electron chi connectivity index (χ0n) is 21.2. The molecule has 186 valence electrons. The molecule has 0 fully saturated rings. The highest BCUT2D eigenvalue weighted by molar-refractivity contribution is 7.96. The first kappa shape index (κ1) is 25.3. The number of nitrogens with one attached hydrogen (secondary N) is 1. The summed E-state index contributed by atoms with van der Waals surface area (Å²) in [6.45, 7) is -2.13. The fraction of sp³-hybridized carbons (Fsp3) is 0.0286. The van der Waals surface area contributed by atoms with E-state index in [1.165, 1.54) is 0 Å². The normalized spacial score (nSPS) is 11.3. The molecule has 0 saturated heterocycles. The van der Waals surface area contributed by atoms with E-state index in [-0.39, 0.29) is 5.91 Å². The van der Waals surface area contributed by atoms with Crippen molar-refractivity contribution in [3.63, 3.8) is 0 Å². The molecule has 1 amide bonds. The van der Waals surface area contributed by atoms with Gasteiger partial charge in [-0.25, -0.2) is 0 Å². The lowest BCUT2D eigenvalue weighted by Crippen LogP contribution is -2.39. The smallest absolute Gasteiger partial charge is 0.253 e. The number of carbonyl (C=O) groups excluding carboxylic acids is 1. The molecule has 5 aromatic carbocycles. The fourth-order valence-corrected chi connectivity index (χ4v) is 9.30. The second-order valence-corrected chi connectivity index (χ2v) is 12.3. The molecule has 5 aromatic rings. The second kappa shape index (κ2) is 12.2. The maximum absolute atomic E-state index is 14.4. The molecular formula is C35H30NOP. The Labute approximate surface area is 225 Å². The van der Waals surface area contributed by atoms with Gasteiger partial charge in [-0.2, -0.15) is 0 Å². The first-order valence-electron chi connectivity index (χ1n) is 12.8. The van der Waals surface area contributed by atoms with Gasteiger partial charge in [-0.15, -0.1) is 0 Å². The maximum atomic E-state index is 14.4. The number of hydrogen-bond acceptors (Lipinski definition) is 1. The lowest BCUT2D eigenvalue weighted by Gasteiger charge is -2.32. The first-order valence-corrected chi connectivity index (χ1v) is 14.6. The molecule has 0 heterocycles. The van der Waals surface area contributed by atoms with Gasteiger partial charge >= 0.3 is 0 Å². The Morgan fingerprint density at radius 1 is 0.553 bits per heavy atom. The molecule has 2 nitrogen and oxygen atoms in total. The van der Waals surface area contributed by atoms with Crippen LogP contribution < -0.4 is 21.2 Å². The van der Waals surface area contributed by atoms with Crippen LogP contribution in [0.4, 0.5) is 0 Å². The minimum Gasteiger partial charge on any atom is -0.348 e. The summed E-state index contributed by atoms with van der Waals surface area (Å²) in [5.74, 6) is -0.0567. The molecule has 0 aliphatic rings.